The fourth-order valence-corrected chi connectivity index (χ4v) is 4.53. The Morgan fingerprint density at radius 2 is 0.467 bits per heavy atom. The highest BCUT2D eigenvalue weighted by Crippen LogP contribution is 2.37. The second-order valence-corrected chi connectivity index (χ2v) is 8.47. The van der Waals surface area contributed by atoms with Gasteiger partial charge in [-0.3, -0.25) is 0 Å². The van der Waals surface area contributed by atoms with E-state index in [0.717, 1.165) is 11.8 Å². The van der Waals surface area contributed by atoms with Crippen LogP contribution in [0.5, 0.6) is 0 Å². The van der Waals surface area contributed by atoms with Crippen molar-refractivity contribution < 1.29 is 28.4 Å². The maximum Gasteiger partial charge on any atom is 0.0701 e. The summed E-state index contributed by atoms with van der Waals surface area (Å²) in [5, 5.41) is 0. The Morgan fingerprint density at radius 3 is 0.667 bits per heavy atom. The average molecular weight is 431 g/mol. The molecule has 6 nitrogen and oxygen atoms in total. The quantitative estimate of drug-likeness (QED) is 0.620. The van der Waals surface area contributed by atoms with Gasteiger partial charge >= 0.3 is 0 Å². The van der Waals surface area contributed by atoms with Crippen LogP contribution in [0.15, 0.2) is 0 Å². The fourth-order valence-electron chi connectivity index (χ4n) is 4.53. The summed E-state index contributed by atoms with van der Waals surface area (Å²) in [6.07, 6.45) is 15.4. The third-order valence-corrected chi connectivity index (χ3v) is 6.20. The molecule has 0 spiro atoms. The third-order valence-electron chi connectivity index (χ3n) is 6.20. The average Bonchev–Trinajstić information content (AvgIpc) is 2.81. The summed E-state index contributed by atoms with van der Waals surface area (Å²) in [6.45, 7) is 7.04. The molecule has 1 saturated heterocycles. The van der Waals surface area contributed by atoms with Gasteiger partial charge in [0.2, 0.25) is 0 Å². The van der Waals surface area contributed by atoms with Crippen molar-refractivity contribution in [1.82, 2.24) is 0 Å². The maximum atomic E-state index is 5.33. The van der Waals surface area contributed by atoms with Crippen LogP contribution in [0.2, 0.25) is 0 Å². The van der Waals surface area contributed by atoms with Gasteiger partial charge in [0.05, 0.1) is 79.3 Å². The van der Waals surface area contributed by atoms with Crippen molar-refractivity contribution >= 4 is 0 Å². The first-order chi connectivity index (χ1) is 15.0. The van der Waals surface area contributed by atoms with Crippen molar-refractivity contribution in [2.75, 3.05) is 79.3 Å². The fraction of sp³-hybridized carbons (Fsp3) is 1.00. The largest absolute Gasteiger partial charge is 0.377 e. The van der Waals surface area contributed by atoms with Crippen molar-refractivity contribution in [2.45, 2.75) is 64.2 Å². The van der Waals surface area contributed by atoms with E-state index < -0.39 is 0 Å². The Balaban J connectivity index is 0.000000230. The molecule has 178 valence electrons. The minimum Gasteiger partial charge on any atom is -0.377 e. The minimum absolute atomic E-state index is 0.586. The van der Waals surface area contributed by atoms with Crippen LogP contribution in [-0.4, -0.2) is 79.3 Å². The van der Waals surface area contributed by atoms with Gasteiger partial charge in [-0.1, -0.05) is 64.2 Å². The van der Waals surface area contributed by atoms with E-state index in [2.05, 4.69) is 0 Å². The lowest BCUT2D eigenvalue weighted by Crippen LogP contribution is -2.20. The number of hydrogen-bond acceptors (Lipinski definition) is 6. The zero-order chi connectivity index (χ0) is 21.0. The summed E-state index contributed by atoms with van der Waals surface area (Å²) in [7, 11) is 0. The Morgan fingerprint density at radius 1 is 0.267 bits per heavy atom. The zero-order valence-electron chi connectivity index (χ0n) is 19.2. The molecule has 0 N–H and O–H groups in total. The van der Waals surface area contributed by atoms with Crippen molar-refractivity contribution in [3.8, 4) is 0 Å². The lowest BCUT2D eigenvalue weighted by Gasteiger charge is -2.32. The molecular weight excluding hydrogens is 384 g/mol. The summed E-state index contributed by atoms with van der Waals surface area (Å²) >= 11 is 0. The summed E-state index contributed by atoms with van der Waals surface area (Å²) in [5.41, 5.74) is 0. The van der Waals surface area contributed by atoms with E-state index in [0.29, 0.717) is 79.3 Å². The van der Waals surface area contributed by atoms with E-state index in [-0.39, 0.29) is 0 Å². The molecule has 2 aliphatic carbocycles. The molecule has 1 heterocycles. The first-order valence-electron chi connectivity index (χ1n) is 12.4. The van der Waals surface area contributed by atoms with Gasteiger partial charge in [-0.05, 0) is 11.8 Å². The molecule has 3 rings (SSSR count). The second kappa shape index (κ2) is 19.4. The lowest BCUT2D eigenvalue weighted by atomic mass is 9.73. The van der Waals surface area contributed by atoms with Gasteiger partial charge in [-0.25, -0.2) is 0 Å². The van der Waals surface area contributed by atoms with Crippen molar-refractivity contribution in [2.24, 2.45) is 11.8 Å². The summed E-state index contributed by atoms with van der Waals surface area (Å²) in [4.78, 5) is 0. The maximum absolute atomic E-state index is 5.33. The molecule has 0 unspecified atom stereocenters. The Bertz CT molecular complexity index is 265. The molecule has 2 saturated carbocycles. The van der Waals surface area contributed by atoms with Crippen LogP contribution in [0.1, 0.15) is 64.2 Å². The summed E-state index contributed by atoms with van der Waals surface area (Å²) < 4.78 is 32.0. The van der Waals surface area contributed by atoms with Crippen LogP contribution >= 0.6 is 0 Å². The predicted octanol–water partition coefficient (Wildman–Crippen LogP) is 4.25. The number of ether oxygens (including phenoxy) is 6. The molecular formula is C24H46O6. The first-order valence-corrected chi connectivity index (χ1v) is 12.4. The molecule has 30 heavy (non-hydrogen) atoms. The highest BCUT2D eigenvalue weighted by Gasteiger charge is 2.24. The Kier molecular flexibility index (Phi) is 16.9. The highest BCUT2D eigenvalue weighted by atomic mass is 16.6. The molecule has 0 aromatic carbocycles. The Labute approximate surface area is 184 Å². The molecule has 3 fully saturated rings. The van der Waals surface area contributed by atoms with Crippen molar-refractivity contribution in [3.05, 3.63) is 0 Å². The third kappa shape index (κ3) is 13.9. The first kappa shape index (κ1) is 26.0. The second-order valence-electron chi connectivity index (χ2n) is 8.47. The van der Waals surface area contributed by atoms with E-state index in [9.17, 15) is 0 Å². The smallest absolute Gasteiger partial charge is 0.0701 e. The van der Waals surface area contributed by atoms with Crippen LogP contribution in [0.4, 0.5) is 0 Å². The van der Waals surface area contributed by atoms with E-state index in [1.807, 2.05) is 0 Å². The van der Waals surface area contributed by atoms with Crippen LogP contribution in [-0.2, 0) is 28.4 Å². The lowest BCUT2D eigenvalue weighted by molar-refractivity contribution is -0.0334. The van der Waals surface area contributed by atoms with Gasteiger partial charge in [-0.15, -0.1) is 0 Å². The van der Waals surface area contributed by atoms with Crippen LogP contribution in [0.3, 0.4) is 0 Å². The molecule has 6 heteroatoms. The molecule has 0 atom stereocenters. The van der Waals surface area contributed by atoms with E-state index >= 15 is 0 Å². The molecule has 0 radical (unpaired) electrons. The van der Waals surface area contributed by atoms with Crippen LogP contribution in [0, 0.1) is 11.8 Å². The molecule has 3 aliphatic rings. The summed E-state index contributed by atoms with van der Waals surface area (Å²) in [5.74, 6) is 2.28. The van der Waals surface area contributed by atoms with E-state index in [1.54, 1.807) is 25.7 Å². The van der Waals surface area contributed by atoms with E-state index in [1.165, 1.54) is 38.5 Å². The number of hydrogen-bond donors (Lipinski definition) is 0. The van der Waals surface area contributed by atoms with Gasteiger partial charge in [-0.2, -0.15) is 0 Å². The summed E-state index contributed by atoms with van der Waals surface area (Å²) in [6, 6.07) is 0. The Hall–Kier alpha value is -0.240. The zero-order valence-corrected chi connectivity index (χ0v) is 19.2. The minimum atomic E-state index is 0.586. The van der Waals surface area contributed by atoms with Gasteiger partial charge in [0.1, 0.15) is 0 Å². The van der Waals surface area contributed by atoms with Gasteiger partial charge in [0.15, 0.2) is 0 Å². The monoisotopic (exact) mass is 430 g/mol. The van der Waals surface area contributed by atoms with Crippen molar-refractivity contribution in [1.29, 1.82) is 0 Å². The van der Waals surface area contributed by atoms with Crippen LogP contribution < -0.4 is 0 Å². The molecule has 0 aromatic heterocycles. The van der Waals surface area contributed by atoms with Gasteiger partial charge in [0.25, 0.3) is 0 Å². The molecule has 0 bridgehead atoms. The van der Waals surface area contributed by atoms with E-state index in [4.69, 9.17) is 28.4 Å². The molecule has 0 aromatic rings. The number of rotatable bonds is 1. The van der Waals surface area contributed by atoms with Crippen LogP contribution in [0.25, 0.3) is 0 Å². The molecule has 1 aliphatic heterocycles. The molecule has 0 amide bonds. The standard InChI is InChI=1S/C12H24O6.C12H22/c1-2-14-5-6-16-9-10-18-12-11-17-8-7-15-4-3-13-1;1-3-7-11(8-4-1)12-9-5-2-6-10-12/h1-12H2;11-12H,1-10H2. The van der Waals surface area contributed by atoms with Gasteiger partial charge < -0.3 is 28.4 Å². The highest BCUT2D eigenvalue weighted by molar-refractivity contribution is 4.76. The predicted molar refractivity (Wildman–Crippen MR) is 118 cm³/mol. The van der Waals surface area contributed by atoms with Crippen molar-refractivity contribution in [3.63, 3.8) is 0 Å². The topological polar surface area (TPSA) is 55.4 Å². The normalized spacial score (nSPS) is 26.0. The SMILES string of the molecule is C1CCC(C2CCCCC2)CC1.C1COCCOCCOCCOCCOCCO1. The van der Waals surface area contributed by atoms with Gasteiger partial charge in [0, 0.05) is 0 Å².